The van der Waals surface area contributed by atoms with Crippen molar-refractivity contribution in [2.24, 2.45) is 0 Å². The normalized spacial score (nSPS) is 11.9. The van der Waals surface area contributed by atoms with Crippen LogP contribution in [0.4, 0.5) is 8.78 Å². The Morgan fingerprint density at radius 2 is 1.82 bits per heavy atom. The molecule has 0 aliphatic rings. The number of allylic oxidation sites excluding steroid dienone is 1. The Balaban J connectivity index is 3.55. The first-order valence-electron chi connectivity index (χ1n) is 6.23. The van der Waals surface area contributed by atoms with Crippen LogP contribution < -0.4 is 0 Å². The van der Waals surface area contributed by atoms with E-state index in [1.54, 1.807) is 13.8 Å². The van der Waals surface area contributed by atoms with Crippen LogP contribution in [-0.4, -0.2) is 23.5 Å². The molecule has 0 aromatic heterocycles. The number of aliphatic carboxylic acids is 1. The summed E-state index contributed by atoms with van der Waals surface area (Å²) in [4.78, 5) is 23.6. The molecule has 0 spiro atoms. The van der Waals surface area contributed by atoms with E-state index in [0.717, 1.165) is 0 Å². The van der Waals surface area contributed by atoms with Gasteiger partial charge in [0.2, 0.25) is 5.78 Å². The number of carboxylic acids is 1. The smallest absolute Gasteiger partial charge is 0.343 e. The van der Waals surface area contributed by atoms with Gasteiger partial charge in [-0.3, -0.25) is 4.79 Å². The van der Waals surface area contributed by atoms with Crippen molar-refractivity contribution < 1.29 is 28.2 Å². The summed E-state index contributed by atoms with van der Waals surface area (Å²) in [5.74, 6) is -5.50. The maximum atomic E-state index is 14.0. The van der Waals surface area contributed by atoms with E-state index < -0.39 is 44.6 Å². The number of hydrogen-bond donors (Lipinski definition) is 1. The summed E-state index contributed by atoms with van der Waals surface area (Å²) in [5, 5.41) is 7.63. The van der Waals surface area contributed by atoms with E-state index in [1.165, 1.54) is 0 Å². The molecular formula is C14H12Cl2F2O4. The fraction of sp³-hybridized carbons (Fsp3) is 0.286. The van der Waals surface area contributed by atoms with E-state index in [4.69, 9.17) is 27.9 Å². The lowest BCUT2D eigenvalue weighted by atomic mass is 10.0. The van der Waals surface area contributed by atoms with Crippen LogP contribution in [-0.2, 0) is 9.53 Å². The number of carbonyl (C=O) groups excluding carboxylic acids is 1. The third-order valence-corrected chi connectivity index (χ3v) is 3.31. The Morgan fingerprint density at radius 3 is 2.27 bits per heavy atom. The molecule has 0 fully saturated rings. The van der Waals surface area contributed by atoms with Crippen LogP contribution in [0.5, 0.6) is 0 Å². The zero-order valence-corrected chi connectivity index (χ0v) is 13.2. The monoisotopic (exact) mass is 352 g/mol. The van der Waals surface area contributed by atoms with Crippen LogP contribution in [0.25, 0.3) is 0 Å². The minimum absolute atomic E-state index is 0.103. The van der Waals surface area contributed by atoms with Gasteiger partial charge in [-0.05, 0) is 13.0 Å². The molecule has 1 aromatic carbocycles. The molecule has 0 aliphatic heterocycles. The molecule has 0 radical (unpaired) electrons. The third-order valence-electron chi connectivity index (χ3n) is 2.71. The molecule has 0 saturated heterocycles. The first kappa shape index (κ1) is 18.4. The first-order chi connectivity index (χ1) is 10.3. The molecule has 1 N–H and O–H groups in total. The highest BCUT2D eigenvalue weighted by molar-refractivity contribution is 6.36. The molecule has 1 rings (SSSR count). The van der Waals surface area contributed by atoms with Gasteiger partial charge in [0, 0.05) is 6.42 Å². The van der Waals surface area contributed by atoms with Crippen LogP contribution >= 0.6 is 23.2 Å². The zero-order chi connectivity index (χ0) is 17.0. The van der Waals surface area contributed by atoms with E-state index in [0.29, 0.717) is 6.07 Å². The average Bonchev–Trinajstić information content (AvgIpc) is 2.47. The third kappa shape index (κ3) is 3.56. The molecule has 0 aliphatic carbocycles. The van der Waals surface area contributed by atoms with Crippen LogP contribution in [0.2, 0.25) is 10.0 Å². The van der Waals surface area contributed by atoms with E-state index in [-0.39, 0.29) is 18.8 Å². The summed E-state index contributed by atoms with van der Waals surface area (Å²) < 4.78 is 32.4. The van der Waals surface area contributed by atoms with Crippen molar-refractivity contribution in [2.75, 3.05) is 6.61 Å². The van der Waals surface area contributed by atoms with E-state index in [2.05, 4.69) is 0 Å². The number of hydrogen-bond acceptors (Lipinski definition) is 3. The summed E-state index contributed by atoms with van der Waals surface area (Å²) >= 11 is 10.9. The second-order valence-corrected chi connectivity index (χ2v) is 4.85. The number of carbonyl (C=O) groups is 2. The van der Waals surface area contributed by atoms with Crippen LogP contribution in [0, 0.1) is 11.6 Å². The SMILES string of the molecule is CCOC(CC)=C(C(=O)O)C(=O)c1cc(Cl)c(F)c(Cl)c1F. The van der Waals surface area contributed by atoms with Gasteiger partial charge in [0.05, 0.1) is 17.2 Å². The van der Waals surface area contributed by atoms with Crippen molar-refractivity contribution in [2.45, 2.75) is 20.3 Å². The number of halogens is 4. The van der Waals surface area contributed by atoms with Crippen molar-refractivity contribution in [3.05, 3.63) is 44.6 Å². The molecule has 0 heterocycles. The second-order valence-electron chi connectivity index (χ2n) is 4.07. The Labute approximate surface area is 135 Å². The predicted molar refractivity (Wildman–Crippen MR) is 77.3 cm³/mol. The van der Waals surface area contributed by atoms with Gasteiger partial charge in [0.25, 0.3) is 0 Å². The lowest BCUT2D eigenvalue weighted by Crippen LogP contribution is -2.18. The molecule has 0 unspecified atom stereocenters. The van der Waals surface area contributed by atoms with Gasteiger partial charge in [0.1, 0.15) is 16.4 Å². The Kier molecular flexibility index (Phi) is 6.32. The van der Waals surface area contributed by atoms with Gasteiger partial charge in [-0.15, -0.1) is 0 Å². The standard InChI is InChI=1S/C14H12Cl2F2O4/c1-3-8(22-4-2)9(14(20)21)13(19)6-5-7(15)12(18)10(16)11(6)17/h5H,3-4H2,1-2H3,(H,20,21). The summed E-state index contributed by atoms with van der Waals surface area (Å²) in [5.41, 5.74) is -1.48. The molecule has 0 amide bonds. The average molecular weight is 353 g/mol. The molecule has 4 nitrogen and oxygen atoms in total. The van der Waals surface area contributed by atoms with Crippen molar-refractivity contribution in [1.82, 2.24) is 0 Å². The van der Waals surface area contributed by atoms with E-state index in [1.807, 2.05) is 0 Å². The van der Waals surface area contributed by atoms with Gasteiger partial charge in [-0.25, -0.2) is 13.6 Å². The second kappa shape index (κ2) is 7.56. The van der Waals surface area contributed by atoms with Crippen molar-refractivity contribution in [3.63, 3.8) is 0 Å². The summed E-state index contributed by atoms with van der Waals surface area (Å²) in [6.07, 6.45) is 0.103. The number of benzene rings is 1. The first-order valence-corrected chi connectivity index (χ1v) is 6.98. The number of ketones is 1. The molecule has 120 valence electrons. The van der Waals surface area contributed by atoms with Crippen LogP contribution in [0.3, 0.4) is 0 Å². The zero-order valence-electron chi connectivity index (χ0n) is 11.7. The molecule has 0 atom stereocenters. The lowest BCUT2D eigenvalue weighted by molar-refractivity contribution is -0.132. The minimum atomic E-state index is -1.59. The molecule has 0 saturated carbocycles. The lowest BCUT2D eigenvalue weighted by Gasteiger charge is -2.12. The fourth-order valence-electron chi connectivity index (χ4n) is 1.74. The molecular weight excluding hydrogens is 341 g/mol. The molecule has 0 bridgehead atoms. The van der Waals surface area contributed by atoms with E-state index in [9.17, 15) is 23.5 Å². The summed E-state index contributed by atoms with van der Waals surface area (Å²) in [6, 6.07) is 0.697. The Bertz CT molecular complexity index is 657. The topological polar surface area (TPSA) is 63.6 Å². The maximum absolute atomic E-state index is 14.0. The van der Waals surface area contributed by atoms with Gasteiger partial charge >= 0.3 is 5.97 Å². The van der Waals surface area contributed by atoms with Gasteiger partial charge in [0.15, 0.2) is 11.6 Å². The van der Waals surface area contributed by atoms with Gasteiger partial charge < -0.3 is 9.84 Å². The highest BCUT2D eigenvalue weighted by atomic mass is 35.5. The van der Waals surface area contributed by atoms with E-state index >= 15 is 0 Å². The number of carboxylic acid groups (broad SMARTS) is 1. The Morgan fingerprint density at radius 1 is 1.23 bits per heavy atom. The highest BCUT2D eigenvalue weighted by Crippen LogP contribution is 2.30. The minimum Gasteiger partial charge on any atom is -0.497 e. The molecule has 1 aromatic rings. The van der Waals surface area contributed by atoms with Crippen molar-refractivity contribution in [3.8, 4) is 0 Å². The van der Waals surface area contributed by atoms with Crippen LogP contribution in [0.1, 0.15) is 30.6 Å². The molecule has 22 heavy (non-hydrogen) atoms. The number of rotatable bonds is 6. The van der Waals surface area contributed by atoms with Crippen molar-refractivity contribution >= 4 is 35.0 Å². The van der Waals surface area contributed by atoms with Crippen molar-refractivity contribution in [1.29, 1.82) is 0 Å². The molecule has 8 heteroatoms. The predicted octanol–water partition coefficient (Wildman–Crippen LogP) is 4.24. The fourth-order valence-corrected chi connectivity index (χ4v) is 2.20. The van der Waals surface area contributed by atoms with Gasteiger partial charge in [-0.2, -0.15) is 0 Å². The maximum Gasteiger partial charge on any atom is 0.343 e. The summed E-state index contributed by atoms with van der Waals surface area (Å²) in [6.45, 7) is 3.30. The van der Waals surface area contributed by atoms with Crippen LogP contribution in [0.15, 0.2) is 17.4 Å². The number of ether oxygens (including phenoxy) is 1. The summed E-state index contributed by atoms with van der Waals surface area (Å²) in [7, 11) is 0. The van der Waals surface area contributed by atoms with Gasteiger partial charge in [-0.1, -0.05) is 30.1 Å². The quantitative estimate of drug-likeness (QED) is 0.158. The number of Topliss-reactive ketones (excluding diaryl/α,β-unsaturated/α-hetero) is 1. The highest BCUT2D eigenvalue weighted by Gasteiger charge is 2.29. The largest absolute Gasteiger partial charge is 0.497 e. The Hall–Kier alpha value is -1.66.